The van der Waals surface area contributed by atoms with Crippen LogP contribution in [0.25, 0.3) is 0 Å². The molecule has 83 heavy (non-hydrogen) atoms. The summed E-state index contributed by atoms with van der Waals surface area (Å²) < 4.78 is 56.3. The van der Waals surface area contributed by atoms with E-state index in [9.17, 15) is 15.3 Å². The Kier molecular flexibility index (Phi) is 17.9. The van der Waals surface area contributed by atoms with Gasteiger partial charge in [0.1, 0.15) is 0 Å². The summed E-state index contributed by atoms with van der Waals surface area (Å²) in [6.07, 6.45) is 0. The van der Waals surface area contributed by atoms with Gasteiger partial charge < -0.3 is 0 Å². The van der Waals surface area contributed by atoms with Crippen LogP contribution in [0.4, 0.5) is 0 Å². The molecular formula is C60H50N5O13P5. The summed E-state index contributed by atoms with van der Waals surface area (Å²) in [5.74, 6) is 1.91. The fourth-order valence-electron chi connectivity index (χ4n) is 7.44. The molecule has 3 N–H and O–H groups in total. The van der Waals surface area contributed by atoms with Gasteiger partial charge >= 0.3 is 486 Å². The van der Waals surface area contributed by atoms with Crippen molar-refractivity contribution in [2.45, 2.75) is 0 Å². The molecule has 1 aliphatic rings. The van der Waals surface area contributed by atoms with Crippen LogP contribution >= 0.6 is 41.5 Å². The maximum absolute atomic E-state index is 10.9. The van der Waals surface area contributed by atoms with Gasteiger partial charge in [-0.15, -0.1) is 0 Å². The van der Waals surface area contributed by atoms with Crippen molar-refractivity contribution in [1.82, 2.24) is 18.4 Å². The van der Waals surface area contributed by atoms with Crippen LogP contribution in [0.5, 0.6) is 74.7 Å². The fourth-order valence-corrected chi connectivity index (χ4v) is 19.7. The minimum atomic E-state index is -6.41. The minimum absolute atomic E-state index is 0.0241. The van der Waals surface area contributed by atoms with Crippen molar-refractivity contribution in [2.75, 3.05) is 0 Å². The Hall–Kier alpha value is -8.74. The number of benzene rings is 10. The molecule has 23 heteroatoms. The van der Waals surface area contributed by atoms with Crippen LogP contribution in [-0.4, -0.2) is 33.7 Å². The zero-order chi connectivity index (χ0) is 56.7. The first kappa shape index (κ1) is 56.1. The predicted molar refractivity (Wildman–Crippen MR) is 320 cm³/mol. The molecule has 3 atom stereocenters. The van der Waals surface area contributed by atoms with Crippen LogP contribution in [-0.2, 0) is 0 Å². The Bertz CT molecular complexity index is 3520. The molecule has 0 spiro atoms. The van der Waals surface area contributed by atoms with Gasteiger partial charge in [-0.2, -0.15) is 0 Å². The molecular weight excluding hydrogens is 1150 g/mol. The molecule has 10 aromatic carbocycles. The van der Waals surface area contributed by atoms with Crippen molar-refractivity contribution in [2.24, 2.45) is 4.52 Å². The monoisotopic (exact) mass is 1200 g/mol. The number of nitrogens with zero attached hydrogens (tertiary/aromatic N) is 5. The van der Waals surface area contributed by atoms with Crippen LogP contribution < -0.4 is 46.5 Å². The number of phenols is 3. The Balaban J connectivity index is 1.33. The quantitative estimate of drug-likeness (QED) is 0.0613. The number of rotatable bonds is 20. The molecule has 0 saturated heterocycles. The first-order valence-electron chi connectivity index (χ1n) is 25.4. The van der Waals surface area contributed by atoms with Crippen LogP contribution in [0.2, 0.25) is 0 Å². The topological polar surface area (TPSA) is 178 Å². The standard InChI is InChI=1S/C60H50N5O13P5/c66-48-36-42-58(43-37-48)76-83(77-59-44-38-49(67)39-45-59,78-60-46-40-50(68)41-47-60)61-79-62(69-51-22-8-1-9-23-51)80(73-55-30-16-5-17-31-55)63(70-52-24-10-2-11-25-52)81(74-56-32-18-6-19-33-56)64(71-53-26-12-3-13-27-53)82(75-57-34-20-7-21-35-57)65(83)72-54-28-14-4-15-29-54/h1-47,66-68H. The summed E-state index contributed by atoms with van der Waals surface area (Å²) in [4.78, 5) is 29.1. The number of para-hydroxylation sites is 7. The zero-order valence-corrected chi connectivity index (χ0v) is 48.0. The van der Waals surface area contributed by atoms with Gasteiger partial charge in [0.05, 0.1) is 0 Å². The number of aromatic hydroxyl groups is 3. The average Bonchev–Trinajstić information content (AvgIpc) is 2.76. The molecule has 10 aromatic rings. The molecule has 0 fully saturated rings. The normalized spacial score (nSPS) is 17.9. The molecule has 0 bridgehead atoms. The van der Waals surface area contributed by atoms with E-state index in [4.69, 9.17) is 51.0 Å². The van der Waals surface area contributed by atoms with Gasteiger partial charge in [-0.3, -0.25) is 0 Å². The van der Waals surface area contributed by atoms with E-state index in [0.717, 1.165) is 0 Å². The summed E-state index contributed by atoms with van der Waals surface area (Å²) in [5, 5.41) is 32.6. The van der Waals surface area contributed by atoms with Crippen molar-refractivity contribution in [1.29, 1.82) is 0 Å². The molecule has 18 nitrogen and oxygen atoms in total. The molecule has 0 amide bonds. The second-order valence-electron chi connectivity index (χ2n) is 17.3. The molecule has 3 unspecified atom stereocenters. The van der Waals surface area contributed by atoms with Crippen molar-refractivity contribution in [3.63, 3.8) is 0 Å². The van der Waals surface area contributed by atoms with E-state index in [1.807, 2.05) is 91.0 Å². The molecule has 0 radical (unpaired) electrons. The first-order chi connectivity index (χ1) is 40.7. The number of hydrogen-bond acceptors (Lipinski definition) is 18. The van der Waals surface area contributed by atoms with Gasteiger partial charge in [0.25, 0.3) is 0 Å². The second-order valence-corrected chi connectivity index (χ2v) is 26.6. The van der Waals surface area contributed by atoms with E-state index < -0.39 is 32.9 Å². The maximum atomic E-state index is 10.9. The van der Waals surface area contributed by atoms with Crippen molar-refractivity contribution in [3.8, 4) is 74.7 Å². The third kappa shape index (κ3) is 14.1. The van der Waals surface area contributed by atoms with Gasteiger partial charge in [-0.05, 0) is 0 Å². The van der Waals surface area contributed by atoms with Crippen LogP contribution in [0, 0.1) is 0 Å². The fraction of sp³-hybridized carbons (Fsp3) is 0. The first-order valence-corrected chi connectivity index (χ1v) is 31.6. The van der Waals surface area contributed by atoms with E-state index in [1.165, 1.54) is 91.2 Å². The molecule has 418 valence electrons. The van der Waals surface area contributed by atoms with E-state index in [2.05, 4.69) is 0 Å². The summed E-state index contributed by atoms with van der Waals surface area (Å²) in [6.45, 7) is 0. The summed E-state index contributed by atoms with van der Waals surface area (Å²) in [7, 11) is -15.2. The third-order valence-electron chi connectivity index (χ3n) is 11.2. The molecule has 1 heterocycles. The number of phenolic OH excluding ortho intramolecular Hbond substituents is 3. The Morgan fingerprint density at radius 3 is 0.916 bits per heavy atom. The van der Waals surface area contributed by atoms with Crippen LogP contribution in [0.3, 0.4) is 0 Å². The second kappa shape index (κ2) is 26.4. The molecule has 0 aliphatic carbocycles. The Morgan fingerprint density at radius 2 is 0.566 bits per heavy atom. The van der Waals surface area contributed by atoms with Gasteiger partial charge in [0.2, 0.25) is 0 Å². The summed E-state index contributed by atoms with van der Waals surface area (Å²) in [6, 6.07) is 80.3. The van der Waals surface area contributed by atoms with Gasteiger partial charge in [0, 0.05) is 0 Å². The van der Waals surface area contributed by atoms with Gasteiger partial charge in [0.15, 0.2) is 0 Å². The van der Waals surface area contributed by atoms with Crippen molar-refractivity contribution >= 4 is 41.5 Å². The SMILES string of the molecule is Oc1ccc(OP2(Oc3ccc(O)cc3)(Oc3ccc(O)cc3)N=PN(Oc3ccccc3)P(Oc3ccccc3)N(Oc3ccccc3)P(Oc3ccccc3)N(Oc3ccccc3)P(Oc3ccccc3)N2Oc2ccccc2)cc1. The van der Waals surface area contributed by atoms with E-state index >= 15 is 0 Å². The average molecular weight is 1200 g/mol. The predicted octanol–water partition coefficient (Wildman–Crippen LogP) is 17.6. The van der Waals surface area contributed by atoms with Crippen LogP contribution in [0.1, 0.15) is 0 Å². The summed E-state index contributed by atoms with van der Waals surface area (Å²) in [5.41, 5.74) is 0. The Labute approximate surface area is 483 Å². The third-order valence-corrected chi connectivity index (χ3v) is 22.5. The molecule has 11 rings (SSSR count). The molecule has 0 aromatic heterocycles. The van der Waals surface area contributed by atoms with Crippen LogP contribution in [0.15, 0.2) is 290 Å². The van der Waals surface area contributed by atoms with Crippen molar-refractivity contribution < 1.29 is 61.8 Å². The summed E-state index contributed by atoms with van der Waals surface area (Å²) >= 11 is 0. The molecule has 0 saturated carbocycles. The molecule has 1 aliphatic heterocycles. The zero-order valence-electron chi connectivity index (χ0n) is 43.5. The number of hydrogen-bond donors (Lipinski definition) is 3. The van der Waals surface area contributed by atoms with Gasteiger partial charge in [-0.25, -0.2) is 0 Å². The van der Waals surface area contributed by atoms with E-state index in [1.54, 1.807) is 121 Å². The Morgan fingerprint density at radius 1 is 0.289 bits per heavy atom. The van der Waals surface area contributed by atoms with E-state index in [0.29, 0.717) is 23.0 Å². The van der Waals surface area contributed by atoms with Crippen molar-refractivity contribution in [3.05, 3.63) is 285 Å². The van der Waals surface area contributed by atoms with Gasteiger partial charge in [-0.1, -0.05) is 0 Å². The van der Waals surface area contributed by atoms with E-state index in [-0.39, 0.29) is 60.3 Å².